The second kappa shape index (κ2) is 9.27. The number of nitrogens with one attached hydrogen (secondary N) is 1. The molecule has 1 unspecified atom stereocenters. The zero-order valence-corrected chi connectivity index (χ0v) is 16.8. The maximum atomic E-state index is 12.3. The summed E-state index contributed by atoms with van der Waals surface area (Å²) in [6.45, 7) is 1.90. The SMILES string of the molecule is Cc1ccc(CCNS(=O)(=O)c2ccc(Cl)cc2)c(C(C=S=O)C(=O)O)c1. The van der Waals surface area contributed by atoms with Crippen LogP contribution in [-0.4, -0.2) is 35.6 Å². The molecule has 144 valence electrons. The smallest absolute Gasteiger partial charge is 0.315 e. The minimum atomic E-state index is -3.70. The van der Waals surface area contributed by atoms with Crippen molar-refractivity contribution in [2.24, 2.45) is 0 Å². The molecule has 2 rings (SSSR count). The third-order valence-electron chi connectivity index (χ3n) is 3.90. The van der Waals surface area contributed by atoms with Crippen LogP contribution in [0.2, 0.25) is 5.02 Å². The Hall–Kier alpha value is -2.00. The second-order valence-electron chi connectivity index (χ2n) is 5.85. The number of carboxylic acids is 1. The molecule has 27 heavy (non-hydrogen) atoms. The topological polar surface area (TPSA) is 101 Å². The van der Waals surface area contributed by atoms with Gasteiger partial charge in [0.05, 0.1) is 16.2 Å². The van der Waals surface area contributed by atoms with Gasteiger partial charge < -0.3 is 5.11 Å². The van der Waals surface area contributed by atoms with Crippen LogP contribution in [0.5, 0.6) is 0 Å². The summed E-state index contributed by atoms with van der Waals surface area (Å²) in [6.07, 6.45) is 0.281. The van der Waals surface area contributed by atoms with Gasteiger partial charge in [-0.15, -0.1) is 0 Å². The van der Waals surface area contributed by atoms with E-state index in [1.54, 1.807) is 12.1 Å². The lowest BCUT2D eigenvalue weighted by Gasteiger charge is -2.15. The summed E-state index contributed by atoms with van der Waals surface area (Å²) in [5.74, 6) is -2.19. The number of halogens is 1. The fourth-order valence-corrected chi connectivity index (χ4v) is 4.10. The first-order valence-corrected chi connectivity index (χ1v) is 10.6. The molecule has 0 heterocycles. The number of aliphatic carboxylic acids is 1. The predicted octanol–water partition coefficient (Wildman–Crippen LogP) is 2.35. The van der Waals surface area contributed by atoms with Gasteiger partial charge in [0, 0.05) is 16.9 Å². The lowest BCUT2D eigenvalue weighted by atomic mass is 9.92. The molecular weight excluding hydrogens is 410 g/mol. The van der Waals surface area contributed by atoms with Crippen LogP contribution in [0, 0.1) is 6.92 Å². The third-order valence-corrected chi connectivity index (χ3v) is 6.02. The largest absolute Gasteiger partial charge is 0.481 e. The highest BCUT2D eigenvalue weighted by atomic mass is 35.5. The zero-order chi connectivity index (χ0) is 20.0. The summed E-state index contributed by atoms with van der Waals surface area (Å²) in [5.41, 5.74) is 2.00. The van der Waals surface area contributed by atoms with Gasteiger partial charge in [-0.1, -0.05) is 35.4 Å². The van der Waals surface area contributed by atoms with E-state index in [1.807, 2.05) is 13.0 Å². The normalized spacial score (nSPS) is 12.4. The summed E-state index contributed by atoms with van der Waals surface area (Å²) in [7, 11) is -3.70. The summed E-state index contributed by atoms with van der Waals surface area (Å²) >= 11 is 5.86. The molecule has 0 spiro atoms. The van der Waals surface area contributed by atoms with Crippen molar-refractivity contribution in [2.45, 2.75) is 24.2 Å². The average Bonchev–Trinajstić information content (AvgIpc) is 2.61. The van der Waals surface area contributed by atoms with Crippen molar-refractivity contribution in [3.05, 3.63) is 64.2 Å². The van der Waals surface area contributed by atoms with Crippen LogP contribution in [-0.2, 0) is 32.5 Å². The number of rotatable bonds is 8. The van der Waals surface area contributed by atoms with Gasteiger partial charge in [-0.3, -0.25) is 4.79 Å². The molecule has 0 aliphatic carbocycles. The van der Waals surface area contributed by atoms with Gasteiger partial charge in [0.2, 0.25) is 10.0 Å². The van der Waals surface area contributed by atoms with Crippen molar-refractivity contribution in [2.75, 3.05) is 6.54 Å². The zero-order valence-electron chi connectivity index (χ0n) is 14.4. The minimum absolute atomic E-state index is 0.0812. The molecule has 0 aromatic heterocycles. The quantitative estimate of drug-likeness (QED) is 0.630. The Morgan fingerprint density at radius 1 is 1.26 bits per heavy atom. The van der Waals surface area contributed by atoms with Crippen molar-refractivity contribution < 1.29 is 22.5 Å². The Morgan fingerprint density at radius 2 is 1.93 bits per heavy atom. The van der Waals surface area contributed by atoms with Crippen LogP contribution in [0.25, 0.3) is 0 Å². The molecule has 9 heteroatoms. The highest BCUT2D eigenvalue weighted by molar-refractivity contribution is 7.89. The van der Waals surface area contributed by atoms with Crippen LogP contribution >= 0.6 is 11.6 Å². The number of carboxylic acid groups (broad SMARTS) is 1. The van der Waals surface area contributed by atoms with E-state index in [0.29, 0.717) is 16.1 Å². The van der Waals surface area contributed by atoms with Gasteiger partial charge in [0.25, 0.3) is 0 Å². The van der Waals surface area contributed by atoms with E-state index in [4.69, 9.17) is 11.6 Å². The van der Waals surface area contributed by atoms with Crippen LogP contribution in [0.1, 0.15) is 22.6 Å². The van der Waals surface area contributed by atoms with Crippen LogP contribution < -0.4 is 4.72 Å². The maximum Gasteiger partial charge on any atom is 0.315 e. The minimum Gasteiger partial charge on any atom is -0.481 e. The fraction of sp³-hybridized carbons (Fsp3) is 0.222. The number of benzene rings is 2. The van der Waals surface area contributed by atoms with Gasteiger partial charge >= 0.3 is 5.97 Å². The number of hydrogen-bond acceptors (Lipinski definition) is 4. The lowest BCUT2D eigenvalue weighted by molar-refractivity contribution is -0.136. The Bertz CT molecular complexity index is 981. The first kappa shape index (κ1) is 21.3. The highest BCUT2D eigenvalue weighted by Gasteiger charge is 2.21. The van der Waals surface area contributed by atoms with Gasteiger partial charge in [-0.05, 0) is 48.7 Å². The maximum absolute atomic E-state index is 12.3. The number of sulfonamides is 1. The highest BCUT2D eigenvalue weighted by Crippen LogP contribution is 2.22. The molecule has 2 aromatic rings. The van der Waals surface area contributed by atoms with E-state index in [2.05, 4.69) is 4.72 Å². The Balaban J connectivity index is 2.19. The summed E-state index contributed by atoms with van der Waals surface area (Å²) in [6, 6.07) is 11.1. The van der Waals surface area contributed by atoms with Crippen LogP contribution in [0.15, 0.2) is 47.4 Å². The van der Waals surface area contributed by atoms with Crippen molar-refractivity contribution in [1.82, 2.24) is 4.72 Å². The molecule has 0 aliphatic rings. The Morgan fingerprint density at radius 3 is 2.52 bits per heavy atom. The molecule has 2 N–H and O–H groups in total. The van der Waals surface area contributed by atoms with Gasteiger partial charge in [0.15, 0.2) is 0 Å². The standard InChI is InChI=1S/C18H18ClNO5S2/c1-12-2-3-13(16(10-12)17(11-26-23)18(21)22)8-9-20-27(24,25)15-6-4-14(19)5-7-15/h2-7,10-11,17,20H,8-9H2,1H3,(H,21,22). The predicted molar refractivity (Wildman–Crippen MR) is 106 cm³/mol. The monoisotopic (exact) mass is 427 g/mol. The fourth-order valence-electron chi connectivity index (χ4n) is 2.57. The van der Waals surface area contributed by atoms with E-state index in [1.165, 1.54) is 24.3 Å². The molecule has 1 atom stereocenters. The molecule has 0 bridgehead atoms. The van der Waals surface area contributed by atoms with Gasteiger partial charge in [-0.25, -0.2) is 17.3 Å². The summed E-state index contributed by atoms with van der Waals surface area (Å²) in [5, 5.41) is 10.9. The van der Waals surface area contributed by atoms with E-state index in [0.717, 1.165) is 10.9 Å². The third kappa shape index (κ3) is 5.74. The van der Waals surface area contributed by atoms with Crippen molar-refractivity contribution >= 4 is 44.2 Å². The van der Waals surface area contributed by atoms with E-state index >= 15 is 0 Å². The van der Waals surface area contributed by atoms with E-state index in [9.17, 15) is 22.5 Å². The molecule has 0 amide bonds. The van der Waals surface area contributed by atoms with E-state index < -0.39 is 21.9 Å². The molecule has 0 fully saturated rings. The van der Waals surface area contributed by atoms with Crippen LogP contribution in [0.3, 0.4) is 0 Å². The summed E-state index contributed by atoms with van der Waals surface area (Å²) in [4.78, 5) is 11.6. The number of carbonyl (C=O) groups is 1. The Labute approximate surface area is 166 Å². The number of aryl methyl sites for hydroxylation is 1. The molecule has 6 nitrogen and oxygen atoms in total. The second-order valence-corrected chi connectivity index (χ2v) is 8.52. The van der Waals surface area contributed by atoms with Gasteiger partial charge in [0.1, 0.15) is 5.92 Å². The van der Waals surface area contributed by atoms with Crippen molar-refractivity contribution in [3.8, 4) is 0 Å². The molecule has 0 aliphatic heterocycles. The van der Waals surface area contributed by atoms with Crippen LogP contribution in [0.4, 0.5) is 0 Å². The molecule has 0 saturated carbocycles. The van der Waals surface area contributed by atoms with Crippen molar-refractivity contribution in [3.63, 3.8) is 0 Å². The number of hydrogen-bond donors (Lipinski definition) is 2. The first-order chi connectivity index (χ1) is 12.7. The van der Waals surface area contributed by atoms with E-state index in [-0.39, 0.29) is 29.1 Å². The Kier molecular flexibility index (Phi) is 7.32. The van der Waals surface area contributed by atoms with Crippen molar-refractivity contribution in [1.29, 1.82) is 0 Å². The molecule has 0 saturated heterocycles. The average molecular weight is 428 g/mol. The molecular formula is C18H18ClNO5S2. The lowest BCUT2D eigenvalue weighted by Crippen LogP contribution is -2.26. The molecule has 0 radical (unpaired) electrons. The van der Waals surface area contributed by atoms with Gasteiger partial charge in [-0.2, -0.15) is 0 Å². The first-order valence-electron chi connectivity index (χ1n) is 7.94. The summed E-state index contributed by atoms with van der Waals surface area (Å²) < 4.78 is 38.0. The molecule has 2 aromatic carbocycles.